The van der Waals surface area contributed by atoms with Crippen LogP contribution in [0.2, 0.25) is 0 Å². The number of benzene rings is 1. The van der Waals surface area contributed by atoms with Crippen LogP contribution >= 0.6 is 0 Å². The smallest absolute Gasteiger partial charge is 0.308 e. The second kappa shape index (κ2) is 12.8. The minimum atomic E-state index is -0.940. The van der Waals surface area contributed by atoms with Gasteiger partial charge in [0.15, 0.2) is 0 Å². The average molecular weight is 340 g/mol. The molecule has 136 valence electrons. The Morgan fingerprint density at radius 2 is 1.75 bits per heavy atom. The van der Waals surface area contributed by atoms with Gasteiger partial charge in [-0.05, 0) is 43.9 Å². The summed E-state index contributed by atoms with van der Waals surface area (Å²) in [5, 5.41) is 17.9. The van der Waals surface area contributed by atoms with Crippen LogP contribution in [0.3, 0.4) is 0 Å². The minimum Gasteiger partial charge on any atom is -0.491 e. The van der Waals surface area contributed by atoms with Crippen molar-refractivity contribution in [3.05, 3.63) is 29.8 Å². The summed E-state index contributed by atoms with van der Waals surface area (Å²) in [6.07, 6.45) is 1.99. The highest BCUT2D eigenvalue weighted by molar-refractivity contribution is 5.69. The van der Waals surface area contributed by atoms with E-state index in [1.807, 2.05) is 31.2 Å². The molecule has 0 fully saturated rings. The molecule has 0 unspecified atom stereocenters. The van der Waals surface area contributed by atoms with Crippen LogP contribution in [0, 0.1) is 5.92 Å². The highest BCUT2D eigenvalue weighted by atomic mass is 16.5. The Morgan fingerprint density at radius 3 is 2.38 bits per heavy atom. The van der Waals surface area contributed by atoms with E-state index < -0.39 is 11.9 Å². The zero-order chi connectivity index (χ0) is 17.6. The molecule has 1 rings (SSSR count). The molecule has 6 heteroatoms. The molecule has 1 aromatic carbocycles. The van der Waals surface area contributed by atoms with Crippen molar-refractivity contribution in [2.24, 2.45) is 5.92 Å². The van der Waals surface area contributed by atoms with E-state index in [4.69, 9.17) is 24.4 Å². The van der Waals surface area contributed by atoms with Crippen molar-refractivity contribution in [2.75, 3.05) is 39.6 Å². The number of carboxylic acids is 1. The van der Waals surface area contributed by atoms with Crippen LogP contribution < -0.4 is 4.74 Å². The Morgan fingerprint density at radius 1 is 1.08 bits per heavy atom. The predicted molar refractivity (Wildman–Crippen MR) is 90.4 cm³/mol. The number of carboxylic acid groups (broad SMARTS) is 1. The molecule has 1 atom stereocenters. The highest BCUT2D eigenvalue weighted by Crippen LogP contribution is 2.15. The second-order valence-corrected chi connectivity index (χ2v) is 5.41. The van der Waals surface area contributed by atoms with E-state index in [-0.39, 0.29) is 6.61 Å². The third kappa shape index (κ3) is 8.86. The first-order valence-corrected chi connectivity index (χ1v) is 8.38. The summed E-state index contributed by atoms with van der Waals surface area (Å²) in [4.78, 5) is 10.8. The summed E-state index contributed by atoms with van der Waals surface area (Å²) in [7, 11) is 0. The normalized spacial score (nSPS) is 12.1. The molecule has 6 nitrogen and oxygen atoms in total. The molecule has 2 N–H and O–H groups in total. The number of aryl methyl sites for hydroxylation is 1. The Bertz CT molecular complexity index is 445. The van der Waals surface area contributed by atoms with E-state index in [1.165, 1.54) is 0 Å². The Labute approximate surface area is 143 Å². The van der Waals surface area contributed by atoms with Crippen LogP contribution in [0.25, 0.3) is 0 Å². The van der Waals surface area contributed by atoms with Gasteiger partial charge >= 0.3 is 5.97 Å². The van der Waals surface area contributed by atoms with Gasteiger partial charge in [0.1, 0.15) is 12.4 Å². The van der Waals surface area contributed by atoms with Crippen molar-refractivity contribution in [3.63, 3.8) is 0 Å². The summed E-state index contributed by atoms with van der Waals surface area (Å²) in [5.74, 6) is -0.828. The largest absolute Gasteiger partial charge is 0.491 e. The number of aliphatic hydroxyl groups is 1. The van der Waals surface area contributed by atoms with Crippen molar-refractivity contribution >= 4 is 5.97 Å². The van der Waals surface area contributed by atoms with Gasteiger partial charge in [-0.2, -0.15) is 0 Å². The molecule has 0 bridgehead atoms. The lowest BCUT2D eigenvalue weighted by Crippen LogP contribution is -2.17. The second-order valence-electron chi connectivity index (χ2n) is 5.41. The third-order valence-electron chi connectivity index (χ3n) is 3.58. The van der Waals surface area contributed by atoms with Crippen molar-refractivity contribution < 1.29 is 29.2 Å². The number of aliphatic carboxylic acids is 1. The first-order chi connectivity index (χ1) is 11.7. The van der Waals surface area contributed by atoms with Crippen LogP contribution in [0.4, 0.5) is 0 Å². The fourth-order valence-electron chi connectivity index (χ4n) is 2.18. The van der Waals surface area contributed by atoms with Gasteiger partial charge in [0.05, 0.1) is 32.3 Å². The molecule has 24 heavy (non-hydrogen) atoms. The van der Waals surface area contributed by atoms with Gasteiger partial charge in [-0.15, -0.1) is 0 Å². The molecule has 0 aliphatic carbocycles. The molecule has 0 heterocycles. The number of carbonyl (C=O) groups is 1. The van der Waals surface area contributed by atoms with Gasteiger partial charge < -0.3 is 24.4 Å². The lowest BCUT2D eigenvalue weighted by molar-refractivity contribution is -0.143. The third-order valence-corrected chi connectivity index (χ3v) is 3.58. The molecule has 1 aromatic rings. The van der Waals surface area contributed by atoms with E-state index in [1.54, 1.807) is 0 Å². The van der Waals surface area contributed by atoms with E-state index in [2.05, 4.69) is 0 Å². The molecule has 0 saturated carbocycles. The van der Waals surface area contributed by atoms with Crippen molar-refractivity contribution in [1.29, 1.82) is 0 Å². The average Bonchev–Trinajstić information content (AvgIpc) is 2.59. The molecular weight excluding hydrogens is 312 g/mol. The molecule has 0 radical (unpaired) electrons. The zero-order valence-electron chi connectivity index (χ0n) is 14.3. The standard InChI is InChI=1S/C18H28O6/c1-2-22-10-11-23-12-13-24-17-8-6-15(7-9-17)4-3-5-16(14-19)18(20)21/h6-9,16,19H,2-5,10-14H2,1H3,(H,20,21)/t16-/m1/s1. The van der Waals surface area contributed by atoms with Gasteiger partial charge in [-0.3, -0.25) is 4.79 Å². The lowest BCUT2D eigenvalue weighted by Gasteiger charge is -2.10. The van der Waals surface area contributed by atoms with Crippen molar-refractivity contribution in [1.82, 2.24) is 0 Å². The Hall–Kier alpha value is -1.63. The maximum absolute atomic E-state index is 10.8. The molecular formula is C18H28O6. The predicted octanol–water partition coefficient (Wildman–Crippen LogP) is 2.13. The first kappa shape index (κ1) is 20.4. The first-order valence-electron chi connectivity index (χ1n) is 8.38. The van der Waals surface area contributed by atoms with Gasteiger partial charge in [-0.25, -0.2) is 0 Å². The van der Waals surface area contributed by atoms with Gasteiger partial charge in [0.2, 0.25) is 0 Å². The van der Waals surface area contributed by atoms with Crippen molar-refractivity contribution in [3.8, 4) is 5.75 Å². The lowest BCUT2D eigenvalue weighted by atomic mass is 10.0. The van der Waals surface area contributed by atoms with Gasteiger partial charge in [0, 0.05) is 6.61 Å². The van der Waals surface area contributed by atoms with E-state index in [0.717, 1.165) is 24.2 Å². The number of hydrogen-bond acceptors (Lipinski definition) is 5. The van der Waals surface area contributed by atoms with Crippen LogP contribution in [0.15, 0.2) is 24.3 Å². The molecule has 0 aliphatic heterocycles. The number of rotatable bonds is 14. The number of aliphatic hydroxyl groups excluding tert-OH is 1. The maximum atomic E-state index is 10.8. The van der Waals surface area contributed by atoms with Crippen LogP contribution in [-0.4, -0.2) is 55.8 Å². The topological polar surface area (TPSA) is 85.2 Å². The molecule has 0 saturated heterocycles. The summed E-state index contributed by atoms with van der Waals surface area (Å²) < 4.78 is 16.1. The summed E-state index contributed by atoms with van der Waals surface area (Å²) in [5.41, 5.74) is 1.12. The molecule has 0 spiro atoms. The molecule has 0 amide bonds. The monoisotopic (exact) mass is 340 g/mol. The van der Waals surface area contributed by atoms with Crippen LogP contribution in [-0.2, 0) is 20.7 Å². The summed E-state index contributed by atoms with van der Waals surface area (Å²) in [6, 6.07) is 7.74. The van der Waals surface area contributed by atoms with Crippen LogP contribution in [0.5, 0.6) is 5.75 Å². The zero-order valence-corrected chi connectivity index (χ0v) is 14.3. The molecule has 0 aliphatic rings. The number of ether oxygens (including phenoxy) is 3. The number of hydrogen-bond donors (Lipinski definition) is 2. The van der Waals surface area contributed by atoms with Gasteiger partial charge in [-0.1, -0.05) is 12.1 Å². The SMILES string of the molecule is CCOCCOCCOc1ccc(CCC[C@H](CO)C(=O)O)cc1. The minimum absolute atomic E-state index is 0.311. The van der Waals surface area contributed by atoms with E-state index in [0.29, 0.717) is 39.5 Å². The fourth-order valence-corrected chi connectivity index (χ4v) is 2.18. The Kier molecular flexibility index (Phi) is 10.8. The van der Waals surface area contributed by atoms with Crippen LogP contribution in [0.1, 0.15) is 25.3 Å². The highest BCUT2D eigenvalue weighted by Gasteiger charge is 2.15. The van der Waals surface area contributed by atoms with Crippen molar-refractivity contribution in [2.45, 2.75) is 26.2 Å². The van der Waals surface area contributed by atoms with E-state index >= 15 is 0 Å². The summed E-state index contributed by atoms with van der Waals surface area (Å²) in [6.45, 7) is 4.52. The summed E-state index contributed by atoms with van der Waals surface area (Å²) >= 11 is 0. The van der Waals surface area contributed by atoms with Gasteiger partial charge in [0.25, 0.3) is 0 Å². The maximum Gasteiger partial charge on any atom is 0.308 e. The fraction of sp³-hybridized carbons (Fsp3) is 0.611. The van der Waals surface area contributed by atoms with E-state index in [9.17, 15) is 4.79 Å². The molecule has 0 aromatic heterocycles. The Balaban J connectivity index is 2.17. The quantitative estimate of drug-likeness (QED) is 0.505.